The van der Waals surface area contributed by atoms with Crippen molar-refractivity contribution in [2.24, 2.45) is 0 Å². The van der Waals surface area contributed by atoms with E-state index in [1.165, 1.54) is 16.8 Å². The van der Waals surface area contributed by atoms with Crippen LogP contribution in [0.25, 0.3) is 0 Å². The smallest absolute Gasteiger partial charge is 0.227 e. The Morgan fingerprint density at radius 2 is 2.32 bits per heavy atom. The van der Waals surface area contributed by atoms with Crippen LogP contribution in [0.15, 0.2) is 30.5 Å². The van der Waals surface area contributed by atoms with Crippen LogP contribution >= 0.6 is 0 Å². The van der Waals surface area contributed by atoms with E-state index in [0.29, 0.717) is 6.42 Å². The molecule has 0 saturated carbocycles. The maximum absolute atomic E-state index is 12.6. The fraction of sp³-hybridized carbons (Fsp3) is 0.450. The molecule has 1 aromatic carbocycles. The Morgan fingerprint density at radius 1 is 1.40 bits per heavy atom. The van der Waals surface area contributed by atoms with Gasteiger partial charge in [0.15, 0.2) is 0 Å². The van der Waals surface area contributed by atoms with E-state index >= 15 is 0 Å². The van der Waals surface area contributed by atoms with E-state index in [2.05, 4.69) is 29.4 Å². The second-order valence-corrected chi connectivity index (χ2v) is 7.12. The second-order valence-electron chi connectivity index (χ2n) is 7.12. The molecule has 0 aliphatic carbocycles. The average Bonchev–Trinajstić information content (AvgIpc) is 3.12. The summed E-state index contributed by atoms with van der Waals surface area (Å²) in [6.07, 6.45) is 4.36. The van der Waals surface area contributed by atoms with Crippen molar-refractivity contribution in [3.8, 4) is 0 Å². The third-order valence-electron chi connectivity index (χ3n) is 5.17. The van der Waals surface area contributed by atoms with Crippen LogP contribution in [0, 0.1) is 6.92 Å². The van der Waals surface area contributed by atoms with E-state index in [1.54, 1.807) is 0 Å². The molecule has 1 saturated heterocycles. The Morgan fingerprint density at radius 3 is 3.20 bits per heavy atom. The van der Waals surface area contributed by atoms with E-state index < -0.39 is 0 Å². The fourth-order valence-corrected chi connectivity index (χ4v) is 3.75. The van der Waals surface area contributed by atoms with Crippen LogP contribution in [0.5, 0.6) is 0 Å². The van der Waals surface area contributed by atoms with Gasteiger partial charge in [-0.05, 0) is 18.9 Å². The highest BCUT2D eigenvalue weighted by molar-refractivity contribution is 5.79. The van der Waals surface area contributed by atoms with Crippen LogP contribution in [0.1, 0.15) is 40.5 Å². The van der Waals surface area contributed by atoms with E-state index in [0.717, 1.165) is 50.4 Å². The number of aromatic nitrogens is 2. The van der Waals surface area contributed by atoms with Gasteiger partial charge in [-0.2, -0.15) is 0 Å². The number of hydrogen-bond donors (Lipinski definition) is 1. The third kappa shape index (κ3) is 3.56. The highest BCUT2D eigenvalue weighted by Gasteiger charge is 2.29. The van der Waals surface area contributed by atoms with Crippen molar-refractivity contribution in [3.63, 3.8) is 0 Å². The van der Waals surface area contributed by atoms with Crippen molar-refractivity contribution in [1.29, 1.82) is 0 Å². The van der Waals surface area contributed by atoms with E-state index in [4.69, 9.17) is 4.98 Å². The van der Waals surface area contributed by atoms with Gasteiger partial charge in [-0.3, -0.25) is 4.79 Å². The van der Waals surface area contributed by atoms with Crippen molar-refractivity contribution in [2.45, 2.75) is 38.6 Å². The van der Waals surface area contributed by atoms with Crippen molar-refractivity contribution < 1.29 is 4.79 Å². The minimum absolute atomic E-state index is 0.204. The largest absolute Gasteiger partial charge is 0.342 e. The van der Waals surface area contributed by atoms with Gasteiger partial charge in [-0.25, -0.2) is 9.97 Å². The van der Waals surface area contributed by atoms with E-state index in [9.17, 15) is 4.79 Å². The highest BCUT2D eigenvalue weighted by atomic mass is 16.2. The molecule has 0 unspecified atom stereocenters. The lowest BCUT2D eigenvalue weighted by molar-refractivity contribution is -0.129. The molecule has 3 heterocycles. The number of nitrogens with zero attached hydrogens (tertiary/aromatic N) is 3. The molecule has 0 radical (unpaired) electrons. The normalized spacial score (nSPS) is 19.7. The average molecular weight is 336 g/mol. The molecular weight excluding hydrogens is 312 g/mol. The molecule has 130 valence electrons. The summed E-state index contributed by atoms with van der Waals surface area (Å²) in [5.74, 6) is 1.38. The SMILES string of the molecule is Cc1cccc(CC(=O)N2CC[C@@H](c3ncc4c(n3)CCNC4)C2)c1. The van der Waals surface area contributed by atoms with Gasteiger partial charge < -0.3 is 10.2 Å². The van der Waals surface area contributed by atoms with Gasteiger partial charge in [0.2, 0.25) is 5.91 Å². The standard InChI is InChI=1S/C20H24N4O/c1-14-3-2-4-15(9-14)10-19(25)24-8-6-16(13-24)20-22-12-17-11-21-7-5-18(17)23-20/h2-4,9,12,16,21H,5-8,10-11,13H2,1H3/t16-/m1/s1. The molecule has 1 atom stereocenters. The van der Waals surface area contributed by atoms with Crippen molar-refractivity contribution >= 4 is 5.91 Å². The van der Waals surface area contributed by atoms with Crippen LogP contribution in [-0.4, -0.2) is 40.4 Å². The Hall–Kier alpha value is -2.27. The van der Waals surface area contributed by atoms with Gasteiger partial charge in [-0.15, -0.1) is 0 Å². The molecule has 1 amide bonds. The molecule has 1 N–H and O–H groups in total. The van der Waals surface area contributed by atoms with Crippen LogP contribution in [0.3, 0.4) is 0 Å². The maximum Gasteiger partial charge on any atom is 0.227 e. The molecule has 0 bridgehead atoms. The third-order valence-corrected chi connectivity index (χ3v) is 5.17. The first-order chi connectivity index (χ1) is 12.2. The first kappa shape index (κ1) is 16.2. The Kier molecular flexibility index (Phi) is 4.49. The number of carbonyl (C=O) groups excluding carboxylic acids is 1. The molecular formula is C20H24N4O. The number of carbonyl (C=O) groups is 1. The van der Waals surface area contributed by atoms with Gasteiger partial charge in [0, 0.05) is 56.0 Å². The Bertz CT molecular complexity index is 789. The van der Waals surface area contributed by atoms with Gasteiger partial charge >= 0.3 is 0 Å². The molecule has 2 aliphatic rings. The van der Waals surface area contributed by atoms with E-state index in [1.807, 2.05) is 23.2 Å². The lowest BCUT2D eigenvalue weighted by Gasteiger charge is -2.19. The molecule has 1 aromatic heterocycles. The molecule has 5 heteroatoms. The van der Waals surface area contributed by atoms with Gasteiger partial charge in [0.1, 0.15) is 5.82 Å². The van der Waals surface area contributed by atoms with Crippen LogP contribution in [-0.2, 0) is 24.2 Å². The zero-order chi connectivity index (χ0) is 17.2. The molecule has 2 aliphatic heterocycles. The Balaban J connectivity index is 1.41. The molecule has 4 rings (SSSR count). The zero-order valence-electron chi connectivity index (χ0n) is 14.7. The lowest BCUT2D eigenvalue weighted by Crippen LogP contribution is -2.30. The van der Waals surface area contributed by atoms with Crippen LogP contribution in [0.2, 0.25) is 0 Å². The number of amides is 1. The summed E-state index contributed by atoms with van der Waals surface area (Å²) >= 11 is 0. The number of nitrogens with one attached hydrogen (secondary N) is 1. The lowest BCUT2D eigenvalue weighted by atomic mass is 10.1. The second kappa shape index (κ2) is 6.92. The number of fused-ring (bicyclic) bond motifs is 1. The molecule has 1 fully saturated rings. The maximum atomic E-state index is 12.6. The monoisotopic (exact) mass is 336 g/mol. The number of benzene rings is 1. The Labute approximate surface area is 148 Å². The molecule has 0 spiro atoms. The van der Waals surface area contributed by atoms with Crippen LogP contribution in [0.4, 0.5) is 0 Å². The summed E-state index contributed by atoms with van der Waals surface area (Å²) in [4.78, 5) is 24.0. The van der Waals surface area contributed by atoms with Gasteiger partial charge in [0.05, 0.1) is 6.42 Å². The quantitative estimate of drug-likeness (QED) is 0.931. The van der Waals surface area contributed by atoms with Crippen LogP contribution < -0.4 is 5.32 Å². The summed E-state index contributed by atoms with van der Waals surface area (Å²) in [5.41, 5.74) is 4.67. The van der Waals surface area contributed by atoms with Gasteiger partial charge in [-0.1, -0.05) is 29.8 Å². The highest BCUT2D eigenvalue weighted by Crippen LogP contribution is 2.26. The predicted molar refractivity (Wildman–Crippen MR) is 96.3 cm³/mol. The van der Waals surface area contributed by atoms with Crippen molar-refractivity contribution in [2.75, 3.05) is 19.6 Å². The minimum Gasteiger partial charge on any atom is -0.342 e. The van der Waals surface area contributed by atoms with Gasteiger partial charge in [0.25, 0.3) is 0 Å². The fourth-order valence-electron chi connectivity index (χ4n) is 3.75. The summed E-state index contributed by atoms with van der Waals surface area (Å²) < 4.78 is 0. The summed E-state index contributed by atoms with van der Waals surface area (Å²) in [6.45, 7) is 5.44. The minimum atomic E-state index is 0.204. The predicted octanol–water partition coefficient (Wildman–Crippen LogP) is 1.99. The number of aryl methyl sites for hydroxylation is 1. The number of rotatable bonds is 3. The first-order valence-electron chi connectivity index (χ1n) is 9.08. The summed E-state index contributed by atoms with van der Waals surface area (Å²) in [7, 11) is 0. The summed E-state index contributed by atoms with van der Waals surface area (Å²) in [5, 5.41) is 3.35. The summed E-state index contributed by atoms with van der Waals surface area (Å²) in [6, 6.07) is 8.19. The van der Waals surface area contributed by atoms with Crippen molar-refractivity contribution in [3.05, 3.63) is 58.7 Å². The zero-order valence-corrected chi connectivity index (χ0v) is 14.7. The molecule has 25 heavy (non-hydrogen) atoms. The molecule has 5 nitrogen and oxygen atoms in total. The first-order valence-corrected chi connectivity index (χ1v) is 9.08. The number of likely N-dealkylation sites (tertiary alicyclic amines) is 1. The van der Waals surface area contributed by atoms with Crippen molar-refractivity contribution in [1.82, 2.24) is 20.2 Å². The topological polar surface area (TPSA) is 58.1 Å². The molecule has 2 aromatic rings. The number of hydrogen-bond acceptors (Lipinski definition) is 4. The van der Waals surface area contributed by atoms with E-state index in [-0.39, 0.29) is 11.8 Å².